The van der Waals surface area contributed by atoms with Crippen LogP contribution in [0.1, 0.15) is 26.7 Å². The molecule has 2 N–H and O–H groups in total. The van der Waals surface area contributed by atoms with Gasteiger partial charge in [0, 0.05) is 32.6 Å². The normalized spacial score (nSPS) is 23.1. The second-order valence-corrected chi connectivity index (χ2v) is 4.29. The zero-order valence-corrected chi connectivity index (χ0v) is 10.2. The van der Waals surface area contributed by atoms with E-state index in [0.717, 1.165) is 6.42 Å². The minimum Gasteiger partial charge on any atom is -0.355 e. The van der Waals surface area contributed by atoms with Crippen LogP contribution in [0, 0.1) is 0 Å². The van der Waals surface area contributed by atoms with E-state index in [2.05, 4.69) is 10.6 Å². The fourth-order valence-electron chi connectivity index (χ4n) is 1.90. The standard InChI is InChI=1S/C11H21N3O2/c1-4-12-11(16)8(2)13-9-5-6-10(15)14(3)7-9/h8-9,13H,4-7H2,1-3H3,(H,12,16). The highest BCUT2D eigenvalue weighted by atomic mass is 16.2. The Labute approximate surface area is 96.6 Å². The highest BCUT2D eigenvalue weighted by Gasteiger charge is 2.25. The molecule has 0 spiro atoms. The summed E-state index contributed by atoms with van der Waals surface area (Å²) in [5.41, 5.74) is 0. The maximum Gasteiger partial charge on any atom is 0.236 e. The summed E-state index contributed by atoms with van der Waals surface area (Å²) in [6.45, 7) is 5.08. The molecule has 1 aliphatic heterocycles. The molecule has 1 fully saturated rings. The number of carbonyl (C=O) groups excluding carboxylic acids is 2. The Morgan fingerprint density at radius 2 is 2.31 bits per heavy atom. The first-order chi connectivity index (χ1) is 7.54. The molecule has 1 rings (SSSR count). The summed E-state index contributed by atoms with van der Waals surface area (Å²) < 4.78 is 0. The molecule has 0 saturated carbocycles. The van der Waals surface area contributed by atoms with Gasteiger partial charge in [-0.2, -0.15) is 0 Å². The Bertz CT molecular complexity index is 268. The summed E-state index contributed by atoms with van der Waals surface area (Å²) in [6, 6.07) is 0.0202. The third-order valence-corrected chi connectivity index (χ3v) is 2.86. The maximum absolute atomic E-state index is 11.5. The topological polar surface area (TPSA) is 61.4 Å². The second kappa shape index (κ2) is 5.84. The molecule has 0 aliphatic carbocycles. The fraction of sp³-hybridized carbons (Fsp3) is 0.818. The lowest BCUT2D eigenvalue weighted by Crippen LogP contribution is -2.53. The van der Waals surface area contributed by atoms with Gasteiger partial charge in [0.15, 0.2) is 0 Å². The molecule has 1 aliphatic rings. The molecule has 0 aromatic heterocycles. The van der Waals surface area contributed by atoms with E-state index < -0.39 is 0 Å². The number of amides is 2. The van der Waals surface area contributed by atoms with Crippen molar-refractivity contribution in [3.05, 3.63) is 0 Å². The van der Waals surface area contributed by atoms with Crippen molar-refractivity contribution in [2.45, 2.75) is 38.8 Å². The van der Waals surface area contributed by atoms with E-state index in [1.165, 1.54) is 0 Å². The van der Waals surface area contributed by atoms with Crippen molar-refractivity contribution in [1.82, 2.24) is 15.5 Å². The number of hydrogen-bond acceptors (Lipinski definition) is 3. The van der Waals surface area contributed by atoms with Crippen molar-refractivity contribution < 1.29 is 9.59 Å². The van der Waals surface area contributed by atoms with Gasteiger partial charge in [0.25, 0.3) is 0 Å². The third kappa shape index (κ3) is 3.48. The molecule has 0 aromatic carbocycles. The molecule has 1 heterocycles. The summed E-state index contributed by atoms with van der Waals surface area (Å²) in [4.78, 5) is 24.5. The highest BCUT2D eigenvalue weighted by Crippen LogP contribution is 2.10. The van der Waals surface area contributed by atoms with Crippen molar-refractivity contribution in [2.24, 2.45) is 0 Å². The molecule has 1 saturated heterocycles. The van der Waals surface area contributed by atoms with Crippen LogP contribution in [0.5, 0.6) is 0 Å². The molecular weight excluding hydrogens is 206 g/mol. The van der Waals surface area contributed by atoms with Gasteiger partial charge in [-0.15, -0.1) is 0 Å². The van der Waals surface area contributed by atoms with E-state index in [1.807, 2.05) is 13.8 Å². The van der Waals surface area contributed by atoms with Crippen LogP contribution in [0.4, 0.5) is 0 Å². The van der Waals surface area contributed by atoms with Gasteiger partial charge in [-0.1, -0.05) is 0 Å². The molecule has 2 atom stereocenters. The smallest absolute Gasteiger partial charge is 0.236 e. The first kappa shape index (κ1) is 13.0. The van der Waals surface area contributed by atoms with Crippen LogP contribution < -0.4 is 10.6 Å². The second-order valence-electron chi connectivity index (χ2n) is 4.29. The van der Waals surface area contributed by atoms with Crippen LogP contribution in [0.3, 0.4) is 0 Å². The maximum atomic E-state index is 11.5. The van der Waals surface area contributed by atoms with E-state index in [0.29, 0.717) is 19.5 Å². The quantitative estimate of drug-likeness (QED) is 0.694. The Morgan fingerprint density at radius 3 is 2.88 bits per heavy atom. The lowest BCUT2D eigenvalue weighted by molar-refractivity contribution is -0.132. The molecule has 0 radical (unpaired) electrons. The van der Waals surface area contributed by atoms with Crippen LogP contribution in [-0.4, -0.2) is 48.9 Å². The zero-order chi connectivity index (χ0) is 12.1. The van der Waals surface area contributed by atoms with Gasteiger partial charge in [0.2, 0.25) is 11.8 Å². The van der Waals surface area contributed by atoms with E-state index in [-0.39, 0.29) is 23.9 Å². The summed E-state index contributed by atoms with van der Waals surface area (Å²) in [7, 11) is 1.80. The number of rotatable bonds is 4. The Morgan fingerprint density at radius 1 is 1.62 bits per heavy atom. The van der Waals surface area contributed by atoms with Gasteiger partial charge in [0.1, 0.15) is 0 Å². The molecule has 5 heteroatoms. The van der Waals surface area contributed by atoms with Gasteiger partial charge in [0.05, 0.1) is 6.04 Å². The van der Waals surface area contributed by atoms with Gasteiger partial charge in [-0.25, -0.2) is 0 Å². The van der Waals surface area contributed by atoms with Crippen molar-refractivity contribution in [2.75, 3.05) is 20.1 Å². The van der Waals surface area contributed by atoms with Crippen molar-refractivity contribution >= 4 is 11.8 Å². The lowest BCUT2D eigenvalue weighted by atomic mass is 10.0. The monoisotopic (exact) mass is 227 g/mol. The first-order valence-electron chi connectivity index (χ1n) is 5.82. The van der Waals surface area contributed by atoms with Gasteiger partial charge >= 0.3 is 0 Å². The van der Waals surface area contributed by atoms with Crippen LogP contribution in [0.25, 0.3) is 0 Å². The number of likely N-dealkylation sites (N-methyl/N-ethyl adjacent to an activating group) is 2. The van der Waals surface area contributed by atoms with Crippen LogP contribution in [0.2, 0.25) is 0 Å². The lowest BCUT2D eigenvalue weighted by Gasteiger charge is -2.31. The summed E-state index contributed by atoms with van der Waals surface area (Å²) in [6.07, 6.45) is 1.38. The predicted molar refractivity (Wildman–Crippen MR) is 61.9 cm³/mol. The first-order valence-corrected chi connectivity index (χ1v) is 5.82. The minimum absolute atomic E-state index is 0.0158. The SMILES string of the molecule is CCNC(=O)C(C)NC1CCC(=O)N(C)C1. The van der Waals surface area contributed by atoms with Crippen LogP contribution in [0.15, 0.2) is 0 Å². The van der Waals surface area contributed by atoms with Gasteiger partial charge < -0.3 is 15.5 Å². The highest BCUT2D eigenvalue weighted by molar-refractivity contribution is 5.81. The molecule has 2 amide bonds. The number of carbonyl (C=O) groups is 2. The summed E-state index contributed by atoms with van der Waals surface area (Å²) >= 11 is 0. The Balaban J connectivity index is 2.37. The van der Waals surface area contributed by atoms with Crippen LogP contribution >= 0.6 is 0 Å². The third-order valence-electron chi connectivity index (χ3n) is 2.86. The molecule has 16 heavy (non-hydrogen) atoms. The molecule has 0 aromatic rings. The molecule has 2 unspecified atom stereocenters. The summed E-state index contributed by atoms with van der Waals surface area (Å²) in [5, 5.41) is 6.02. The number of likely N-dealkylation sites (tertiary alicyclic amines) is 1. The summed E-state index contributed by atoms with van der Waals surface area (Å²) in [5.74, 6) is 0.200. The van der Waals surface area contributed by atoms with Crippen molar-refractivity contribution in [1.29, 1.82) is 0 Å². The molecule has 0 bridgehead atoms. The van der Waals surface area contributed by atoms with E-state index in [4.69, 9.17) is 0 Å². The molecule has 92 valence electrons. The fourth-order valence-corrected chi connectivity index (χ4v) is 1.90. The number of nitrogens with zero attached hydrogens (tertiary/aromatic N) is 1. The van der Waals surface area contributed by atoms with E-state index in [9.17, 15) is 9.59 Å². The van der Waals surface area contributed by atoms with Crippen molar-refractivity contribution in [3.8, 4) is 0 Å². The van der Waals surface area contributed by atoms with Gasteiger partial charge in [-0.3, -0.25) is 9.59 Å². The number of hydrogen-bond donors (Lipinski definition) is 2. The van der Waals surface area contributed by atoms with E-state index in [1.54, 1.807) is 11.9 Å². The Kier molecular flexibility index (Phi) is 4.73. The predicted octanol–water partition coefficient (Wildman–Crippen LogP) is -0.279. The number of nitrogens with one attached hydrogen (secondary N) is 2. The molecular formula is C11H21N3O2. The largest absolute Gasteiger partial charge is 0.355 e. The molecule has 5 nitrogen and oxygen atoms in total. The average Bonchev–Trinajstić information content (AvgIpc) is 2.24. The van der Waals surface area contributed by atoms with Crippen LogP contribution in [-0.2, 0) is 9.59 Å². The minimum atomic E-state index is -0.202. The van der Waals surface area contributed by atoms with E-state index >= 15 is 0 Å². The van der Waals surface area contributed by atoms with Crippen molar-refractivity contribution in [3.63, 3.8) is 0 Å². The van der Waals surface area contributed by atoms with Gasteiger partial charge in [-0.05, 0) is 20.3 Å². The Hall–Kier alpha value is -1.10. The average molecular weight is 227 g/mol. The number of piperidine rings is 1. The zero-order valence-electron chi connectivity index (χ0n) is 10.2.